The fraction of sp³-hybridized carbons (Fsp3) is 0.400. The van der Waals surface area contributed by atoms with Crippen LogP contribution in [0.5, 0.6) is 0 Å². The van der Waals surface area contributed by atoms with Gasteiger partial charge in [-0.1, -0.05) is 11.8 Å². The zero-order valence-electron chi connectivity index (χ0n) is 6.95. The van der Waals surface area contributed by atoms with Crippen LogP contribution >= 0.6 is 19.4 Å². The highest BCUT2D eigenvalue weighted by molar-refractivity contribution is 7.99. The van der Waals surface area contributed by atoms with Gasteiger partial charge in [-0.2, -0.15) is 0 Å². The van der Waals surface area contributed by atoms with Gasteiger partial charge in [0.05, 0.1) is 5.75 Å². The topological polar surface area (TPSA) is 116 Å². The van der Waals surface area contributed by atoms with Gasteiger partial charge >= 0.3 is 7.60 Å². The first kappa shape index (κ1) is 11.4. The molecule has 14 heavy (non-hydrogen) atoms. The lowest BCUT2D eigenvalue weighted by atomic mass is 10.5. The molecule has 3 N–H and O–H groups in total. The summed E-state index contributed by atoms with van der Waals surface area (Å²) in [6, 6.07) is 0. The highest BCUT2D eigenvalue weighted by Crippen LogP contribution is 2.34. The van der Waals surface area contributed by atoms with E-state index in [2.05, 4.69) is 15.2 Å². The third kappa shape index (κ3) is 4.52. The van der Waals surface area contributed by atoms with Gasteiger partial charge in [0.1, 0.15) is 12.5 Å². The van der Waals surface area contributed by atoms with E-state index in [4.69, 9.17) is 9.79 Å². The number of rotatable bonds is 5. The Balaban J connectivity index is 2.32. The van der Waals surface area contributed by atoms with Crippen molar-refractivity contribution in [2.45, 2.75) is 5.16 Å². The average Bonchev–Trinajstić information content (AvgIpc) is 2.49. The number of hydrogen-bond acceptors (Lipinski definition) is 5. The second-order valence-corrected chi connectivity index (χ2v) is 5.02. The molecule has 0 aromatic carbocycles. The minimum absolute atomic E-state index is 0.0387. The van der Waals surface area contributed by atoms with Crippen molar-refractivity contribution in [3.05, 3.63) is 6.33 Å². The second kappa shape index (κ2) is 4.70. The Bertz CT molecular complexity index is 348. The summed E-state index contributed by atoms with van der Waals surface area (Å²) in [7, 11) is -4.24. The van der Waals surface area contributed by atoms with E-state index < -0.39 is 19.5 Å². The third-order valence-electron chi connectivity index (χ3n) is 1.14. The summed E-state index contributed by atoms with van der Waals surface area (Å²) in [4.78, 5) is 31.7. The van der Waals surface area contributed by atoms with E-state index in [0.717, 1.165) is 11.8 Å². The molecule has 1 aromatic heterocycles. The van der Waals surface area contributed by atoms with Crippen molar-refractivity contribution in [2.24, 2.45) is 0 Å². The van der Waals surface area contributed by atoms with Gasteiger partial charge in [0.25, 0.3) is 0 Å². The summed E-state index contributed by atoms with van der Waals surface area (Å²) < 4.78 is 10.4. The van der Waals surface area contributed by atoms with E-state index in [9.17, 15) is 9.36 Å². The Kier molecular flexibility index (Phi) is 3.82. The van der Waals surface area contributed by atoms with Gasteiger partial charge in [0.2, 0.25) is 5.16 Å². The largest absolute Gasteiger partial charge is 0.332 e. The number of ketones is 1. The maximum atomic E-state index is 11.0. The van der Waals surface area contributed by atoms with Crippen molar-refractivity contribution < 1.29 is 19.1 Å². The molecule has 0 spiro atoms. The van der Waals surface area contributed by atoms with Crippen LogP contribution in [0, 0.1) is 0 Å². The summed E-state index contributed by atoms with van der Waals surface area (Å²) in [6.45, 7) is 0. The van der Waals surface area contributed by atoms with Crippen LogP contribution in [0.25, 0.3) is 0 Å². The van der Waals surface area contributed by atoms with Crippen molar-refractivity contribution in [3.8, 4) is 0 Å². The Morgan fingerprint density at radius 1 is 1.64 bits per heavy atom. The number of Topliss-reactive ketones (excluding diaryl/α,β-unsaturated/α-hetero) is 1. The first-order valence-corrected chi connectivity index (χ1v) is 6.30. The molecule has 1 heterocycles. The Labute approximate surface area is 83.5 Å². The summed E-state index contributed by atoms with van der Waals surface area (Å²) >= 11 is 1.03. The monoisotopic (exact) mass is 237 g/mol. The normalized spacial score (nSPS) is 11.6. The van der Waals surface area contributed by atoms with Crippen molar-refractivity contribution in [1.29, 1.82) is 0 Å². The van der Waals surface area contributed by atoms with Gasteiger partial charge in [0, 0.05) is 0 Å². The molecule has 0 aliphatic carbocycles. The average molecular weight is 237 g/mol. The molecular weight excluding hydrogens is 229 g/mol. The van der Waals surface area contributed by atoms with Crippen LogP contribution in [0.3, 0.4) is 0 Å². The van der Waals surface area contributed by atoms with E-state index in [-0.39, 0.29) is 5.75 Å². The first-order valence-electron chi connectivity index (χ1n) is 3.52. The highest BCUT2D eigenvalue weighted by atomic mass is 32.2. The molecule has 9 heteroatoms. The fourth-order valence-electron chi connectivity index (χ4n) is 0.687. The van der Waals surface area contributed by atoms with Gasteiger partial charge < -0.3 is 9.79 Å². The minimum atomic E-state index is -4.24. The molecule has 0 unspecified atom stereocenters. The van der Waals surface area contributed by atoms with Gasteiger partial charge in [-0.15, -0.1) is 5.10 Å². The van der Waals surface area contributed by atoms with Crippen LogP contribution < -0.4 is 0 Å². The highest BCUT2D eigenvalue weighted by Gasteiger charge is 2.19. The fourth-order valence-corrected chi connectivity index (χ4v) is 2.05. The number of nitrogens with one attached hydrogen (secondary N) is 1. The molecule has 1 rings (SSSR count). The van der Waals surface area contributed by atoms with Gasteiger partial charge in [-0.05, 0) is 0 Å². The molecule has 0 aliphatic rings. The quantitative estimate of drug-likeness (QED) is 0.473. The lowest BCUT2D eigenvalue weighted by molar-refractivity contribution is -0.114. The van der Waals surface area contributed by atoms with E-state index in [1.807, 2.05) is 0 Å². The number of hydrogen-bond donors (Lipinski definition) is 3. The molecule has 0 atom stereocenters. The lowest BCUT2D eigenvalue weighted by Crippen LogP contribution is -2.08. The number of carbonyl (C=O) groups is 1. The minimum Gasteiger partial charge on any atom is -0.324 e. The maximum Gasteiger partial charge on any atom is 0.332 e. The predicted molar refractivity (Wildman–Crippen MR) is 49.0 cm³/mol. The Hall–Kier alpha value is -0.690. The molecule has 0 amide bonds. The molecule has 7 nitrogen and oxygen atoms in total. The van der Waals surface area contributed by atoms with Crippen LogP contribution in [-0.2, 0) is 9.36 Å². The molecule has 0 saturated heterocycles. The molecular formula is C5H8N3O4PS. The summed E-state index contributed by atoms with van der Waals surface area (Å²) in [5.41, 5.74) is 0. The Morgan fingerprint density at radius 2 is 2.36 bits per heavy atom. The van der Waals surface area contributed by atoms with Crippen LogP contribution in [0.4, 0.5) is 0 Å². The molecule has 78 valence electrons. The van der Waals surface area contributed by atoms with E-state index in [1.165, 1.54) is 6.33 Å². The van der Waals surface area contributed by atoms with E-state index in [0.29, 0.717) is 5.16 Å². The predicted octanol–water partition coefficient (Wildman–Crippen LogP) is -0.356. The molecule has 0 radical (unpaired) electrons. The number of thioether (sulfide) groups is 1. The summed E-state index contributed by atoms with van der Waals surface area (Å²) in [6.07, 6.45) is 0.625. The zero-order chi connectivity index (χ0) is 10.6. The van der Waals surface area contributed by atoms with Crippen molar-refractivity contribution >= 4 is 25.1 Å². The van der Waals surface area contributed by atoms with Gasteiger partial charge in [-0.25, -0.2) is 4.98 Å². The van der Waals surface area contributed by atoms with Crippen molar-refractivity contribution in [3.63, 3.8) is 0 Å². The van der Waals surface area contributed by atoms with E-state index >= 15 is 0 Å². The summed E-state index contributed by atoms with van der Waals surface area (Å²) in [5, 5.41) is 6.50. The van der Waals surface area contributed by atoms with E-state index in [1.54, 1.807) is 0 Å². The number of aromatic nitrogens is 3. The zero-order valence-corrected chi connectivity index (χ0v) is 8.66. The van der Waals surface area contributed by atoms with Crippen molar-refractivity contribution in [2.75, 3.05) is 11.9 Å². The first-order chi connectivity index (χ1) is 6.47. The van der Waals surface area contributed by atoms with Crippen molar-refractivity contribution in [1.82, 2.24) is 15.2 Å². The summed E-state index contributed by atoms with van der Waals surface area (Å²) in [5.74, 6) is -0.559. The molecule has 1 aromatic rings. The maximum absolute atomic E-state index is 11.0. The second-order valence-electron chi connectivity index (χ2n) is 2.43. The van der Waals surface area contributed by atoms with Crippen LogP contribution in [0.1, 0.15) is 0 Å². The van der Waals surface area contributed by atoms with Crippen LogP contribution in [-0.4, -0.2) is 42.7 Å². The lowest BCUT2D eigenvalue weighted by Gasteiger charge is -2.00. The van der Waals surface area contributed by atoms with Gasteiger partial charge in [-0.3, -0.25) is 14.5 Å². The Morgan fingerprint density at radius 3 is 2.86 bits per heavy atom. The third-order valence-corrected chi connectivity index (χ3v) is 2.82. The smallest absolute Gasteiger partial charge is 0.324 e. The van der Waals surface area contributed by atoms with Crippen LogP contribution in [0.15, 0.2) is 11.5 Å². The van der Waals surface area contributed by atoms with Crippen LogP contribution in [0.2, 0.25) is 0 Å². The van der Waals surface area contributed by atoms with Gasteiger partial charge in [0.15, 0.2) is 5.78 Å². The number of aromatic amines is 1. The molecule has 0 fully saturated rings. The molecule has 0 bridgehead atoms. The number of H-pyrrole nitrogens is 1. The SMILES string of the molecule is O=C(CSc1nc[nH]n1)CP(=O)(O)O. The number of carbonyl (C=O) groups excluding carboxylic acids is 1. The molecule has 0 saturated carbocycles. The number of nitrogens with zero attached hydrogens (tertiary/aromatic N) is 2. The standard InChI is InChI=1S/C5H8N3O4PS/c9-4(1-13(10,11)12)2-14-5-6-3-7-8-5/h3H,1-2H2,(H,6,7,8)(H2,10,11,12). The molecule has 0 aliphatic heterocycles.